The number of rotatable bonds is 15. The van der Waals surface area contributed by atoms with Gasteiger partial charge < -0.3 is 35.9 Å². The number of nitrogens with one attached hydrogen (secondary N) is 2. The van der Waals surface area contributed by atoms with Crippen LogP contribution in [-0.2, 0) is 23.9 Å². The lowest BCUT2D eigenvalue weighted by Crippen LogP contribution is -2.54. The van der Waals surface area contributed by atoms with Crippen LogP contribution >= 0.6 is 0 Å². The van der Waals surface area contributed by atoms with Crippen LogP contribution in [0.2, 0.25) is 0 Å². The Hall–Kier alpha value is -6.73. The molecule has 2 atom stereocenters. The first-order valence-electron chi connectivity index (χ1n) is 18.8. The number of nitrogens with two attached hydrogens (primary N) is 2. The zero-order chi connectivity index (χ0) is 41.8. The summed E-state index contributed by atoms with van der Waals surface area (Å²) < 4.78 is 45.6. The number of benzene rings is 3. The highest BCUT2D eigenvalue weighted by Gasteiger charge is 2.45. The molecule has 3 aromatic carbocycles. The Morgan fingerprint density at radius 3 is 2.47 bits per heavy atom. The largest absolute Gasteiger partial charge is 0.454 e. The number of anilines is 2. The number of likely N-dealkylation sites (tertiary alicyclic amines) is 1. The summed E-state index contributed by atoms with van der Waals surface area (Å²) in [7, 11) is 0. The molecule has 2 unspecified atom stereocenters. The van der Waals surface area contributed by atoms with Gasteiger partial charge in [0, 0.05) is 43.4 Å². The number of imide groups is 2. The van der Waals surface area contributed by atoms with Gasteiger partial charge in [0.15, 0.2) is 11.6 Å². The van der Waals surface area contributed by atoms with Crippen LogP contribution in [0.4, 0.5) is 20.3 Å². The smallest absolute Gasteiger partial charge is 0.264 e. The molecular formula is C40H40F2N8O9. The molecule has 2 saturated heterocycles. The second-order valence-electron chi connectivity index (χ2n) is 14.0. The molecule has 59 heavy (non-hydrogen) atoms. The molecule has 2 fully saturated rings. The van der Waals surface area contributed by atoms with Crippen molar-refractivity contribution in [3.05, 3.63) is 89.0 Å². The van der Waals surface area contributed by atoms with E-state index in [2.05, 4.69) is 15.7 Å². The van der Waals surface area contributed by atoms with Gasteiger partial charge in [0.1, 0.15) is 41.3 Å². The van der Waals surface area contributed by atoms with Crippen LogP contribution in [0.25, 0.3) is 11.3 Å². The number of hydrogen-bond donors (Lipinski definition) is 4. The number of primary amides is 1. The Balaban J connectivity index is 0.868. The van der Waals surface area contributed by atoms with Crippen molar-refractivity contribution >= 4 is 46.9 Å². The Kier molecular flexibility index (Phi) is 11.9. The lowest BCUT2D eigenvalue weighted by Gasteiger charge is -2.33. The third-order valence-electron chi connectivity index (χ3n) is 10.2. The summed E-state index contributed by atoms with van der Waals surface area (Å²) in [4.78, 5) is 78.5. The minimum Gasteiger partial charge on any atom is -0.454 e. The maximum atomic E-state index is 14.1. The fraction of sp³-hybridized carbons (Fsp3) is 0.325. The molecule has 0 radical (unpaired) electrons. The van der Waals surface area contributed by atoms with Crippen LogP contribution in [-0.4, -0.2) is 107 Å². The summed E-state index contributed by atoms with van der Waals surface area (Å²) in [6.07, 6.45) is 1.35. The molecule has 0 aliphatic carbocycles. The highest BCUT2D eigenvalue weighted by atomic mass is 19.1. The predicted octanol–water partition coefficient (Wildman–Crippen LogP) is 3.01. The van der Waals surface area contributed by atoms with Gasteiger partial charge in [-0.05, 0) is 67.8 Å². The second-order valence-corrected chi connectivity index (χ2v) is 14.0. The second kappa shape index (κ2) is 17.4. The molecule has 19 heteroatoms. The van der Waals surface area contributed by atoms with Crippen molar-refractivity contribution < 1.29 is 51.8 Å². The number of nitrogen functional groups attached to an aromatic ring is 1. The van der Waals surface area contributed by atoms with Crippen LogP contribution < -0.4 is 26.8 Å². The summed E-state index contributed by atoms with van der Waals surface area (Å²) in [6.45, 7) is 1.32. The van der Waals surface area contributed by atoms with Gasteiger partial charge in [0.2, 0.25) is 17.7 Å². The van der Waals surface area contributed by atoms with E-state index in [0.717, 1.165) is 11.0 Å². The molecule has 0 bridgehead atoms. The normalized spacial score (nSPS) is 17.9. The predicted molar refractivity (Wildman–Crippen MR) is 205 cm³/mol. The number of aromatic nitrogens is 2. The van der Waals surface area contributed by atoms with E-state index in [4.69, 9.17) is 25.7 Å². The standard InChI is InChI=1S/C40H40F2N8O9/c41-23-8-12-30(27(42)19-23)59-25-9-6-22(7-10-25)35-34(37(44)53)36(43)50(47-35)24-3-2-15-48(20-24)32(52)21-58-18-17-57-16-14-45-28-5-1-4-26-33(28)40(56)49(39(26)55)29-11-13-31(51)46-38(29)54/h1,4-10,12,19,24,29,45H,2-3,11,13-18,20-21,43H2,(H2,44,53)(H,46,51,54). The maximum Gasteiger partial charge on any atom is 0.264 e. The summed E-state index contributed by atoms with van der Waals surface area (Å²) in [5.41, 5.74) is 13.6. The molecule has 6 amide bonds. The molecule has 308 valence electrons. The average molecular weight is 815 g/mol. The monoisotopic (exact) mass is 814 g/mol. The first kappa shape index (κ1) is 40.5. The molecular weight excluding hydrogens is 774 g/mol. The molecule has 1 aromatic heterocycles. The van der Waals surface area contributed by atoms with Gasteiger partial charge in [0.05, 0.1) is 37.0 Å². The SMILES string of the molecule is NC(=O)c1c(-c2ccc(Oc3ccc(F)cc3F)cc2)nn(C2CCCN(C(=O)COCCOCCNc3cccc4c3C(=O)N(C3CCC(=O)NC3=O)C4=O)C2)c1N. The highest BCUT2D eigenvalue weighted by molar-refractivity contribution is 6.25. The Morgan fingerprint density at radius 1 is 0.949 bits per heavy atom. The third kappa shape index (κ3) is 8.60. The number of nitrogens with zero attached hydrogens (tertiary/aromatic N) is 4. The van der Waals surface area contributed by atoms with E-state index in [-0.39, 0.29) is 104 Å². The van der Waals surface area contributed by atoms with Crippen LogP contribution in [0.5, 0.6) is 11.5 Å². The zero-order valence-electron chi connectivity index (χ0n) is 31.6. The van der Waals surface area contributed by atoms with Crippen LogP contribution in [0.1, 0.15) is 62.8 Å². The highest BCUT2D eigenvalue weighted by Crippen LogP contribution is 2.35. The van der Waals surface area contributed by atoms with Crippen molar-refractivity contribution in [3.8, 4) is 22.8 Å². The minimum absolute atomic E-state index is 0.0120. The van der Waals surface area contributed by atoms with Gasteiger partial charge in [-0.1, -0.05) is 6.07 Å². The van der Waals surface area contributed by atoms with Gasteiger partial charge >= 0.3 is 0 Å². The molecule has 7 rings (SSSR count). The van der Waals surface area contributed by atoms with E-state index in [1.165, 1.54) is 28.9 Å². The number of ether oxygens (including phenoxy) is 3. The summed E-state index contributed by atoms with van der Waals surface area (Å²) in [6, 6.07) is 12.6. The zero-order valence-corrected chi connectivity index (χ0v) is 31.6. The van der Waals surface area contributed by atoms with Crippen molar-refractivity contribution in [2.24, 2.45) is 5.73 Å². The first-order valence-corrected chi connectivity index (χ1v) is 18.8. The Labute approximate surface area is 335 Å². The lowest BCUT2D eigenvalue weighted by molar-refractivity contribution is -0.138. The van der Waals surface area contributed by atoms with Crippen molar-refractivity contribution in [2.75, 3.05) is 57.1 Å². The first-order chi connectivity index (χ1) is 28.4. The van der Waals surface area contributed by atoms with Gasteiger partial charge in [-0.2, -0.15) is 5.10 Å². The Morgan fingerprint density at radius 2 is 1.73 bits per heavy atom. The van der Waals surface area contributed by atoms with Crippen molar-refractivity contribution in [1.82, 2.24) is 24.9 Å². The van der Waals surface area contributed by atoms with E-state index >= 15 is 0 Å². The number of amides is 6. The number of carbonyl (C=O) groups excluding carboxylic acids is 6. The molecule has 0 saturated carbocycles. The van der Waals surface area contributed by atoms with Gasteiger partial charge in [-0.25, -0.2) is 13.5 Å². The topological polar surface area (TPSA) is 231 Å². The van der Waals surface area contributed by atoms with Crippen molar-refractivity contribution in [1.29, 1.82) is 0 Å². The summed E-state index contributed by atoms with van der Waals surface area (Å²) >= 11 is 0. The minimum atomic E-state index is -1.07. The molecule has 3 aliphatic heterocycles. The van der Waals surface area contributed by atoms with E-state index in [9.17, 15) is 37.5 Å². The molecule has 0 spiro atoms. The van der Waals surface area contributed by atoms with Crippen molar-refractivity contribution in [3.63, 3.8) is 0 Å². The number of carbonyl (C=O) groups is 6. The molecule has 17 nitrogen and oxygen atoms in total. The number of halogens is 2. The van der Waals surface area contributed by atoms with E-state index in [1.807, 2.05) is 0 Å². The van der Waals surface area contributed by atoms with E-state index in [1.54, 1.807) is 29.2 Å². The van der Waals surface area contributed by atoms with E-state index in [0.29, 0.717) is 36.7 Å². The van der Waals surface area contributed by atoms with Crippen LogP contribution in [0.15, 0.2) is 60.7 Å². The summed E-state index contributed by atoms with van der Waals surface area (Å²) in [5, 5.41) is 9.91. The maximum absolute atomic E-state index is 14.1. The molecule has 4 heterocycles. The van der Waals surface area contributed by atoms with E-state index < -0.39 is 47.2 Å². The number of hydrogen-bond acceptors (Lipinski definition) is 12. The third-order valence-corrected chi connectivity index (χ3v) is 10.2. The average Bonchev–Trinajstić information content (AvgIpc) is 3.70. The van der Waals surface area contributed by atoms with Gasteiger partial charge in [-0.3, -0.25) is 39.0 Å². The van der Waals surface area contributed by atoms with Crippen LogP contribution in [0.3, 0.4) is 0 Å². The molecule has 4 aromatic rings. The Bertz CT molecular complexity index is 2320. The quantitative estimate of drug-likeness (QED) is 0.100. The molecule has 6 N–H and O–H groups in total. The van der Waals surface area contributed by atoms with Crippen molar-refractivity contribution in [2.45, 2.75) is 37.8 Å². The fourth-order valence-electron chi connectivity index (χ4n) is 7.31. The van der Waals surface area contributed by atoms with Gasteiger partial charge in [-0.15, -0.1) is 0 Å². The fourth-order valence-corrected chi connectivity index (χ4v) is 7.31. The van der Waals surface area contributed by atoms with Gasteiger partial charge in [0.25, 0.3) is 17.7 Å². The summed E-state index contributed by atoms with van der Waals surface area (Å²) in [5.74, 6) is -4.85. The lowest BCUT2D eigenvalue weighted by atomic mass is 10.0. The number of piperidine rings is 2. The molecule has 3 aliphatic rings. The van der Waals surface area contributed by atoms with Crippen LogP contribution in [0, 0.1) is 11.6 Å². The number of fused-ring (bicyclic) bond motifs is 1.